The van der Waals surface area contributed by atoms with E-state index >= 15 is 0 Å². The Labute approximate surface area is 328 Å². The highest BCUT2D eigenvalue weighted by atomic mass is 16.5. The van der Waals surface area contributed by atoms with Crippen LogP contribution in [0.3, 0.4) is 0 Å². The molecule has 16 nitrogen and oxygen atoms in total. The lowest BCUT2D eigenvalue weighted by Crippen LogP contribution is -2.47. The van der Waals surface area contributed by atoms with E-state index in [0.29, 0.717) is 32.7 Å². The number of carbonyl (C=O) groups excluding carboxylic acids is 4. The quantitative estimate of drug-likeness (QED) is 0.0486. The Morgan fingerprint density at radius 1 is 0.455 bits per heavy atom. The summed E-state index contributed by atoms with van der Waals surface area (Å²) < 4.78 is 21.3. The van der Waals surface area contributed by atoms with Gasteiger partial charge < -0.3 is 50.4 Å². The van der Waals surface area contributed by atoms with E-state index < -0.39 is 23.9 Å². The first-order valence-corrected chi connectivity index (χ1v) is 20.5. The van der Waals surface area contributed by atoms with Gasteiger partial charge in [0.2, 0.25) is 23.6 Å². The van der Waals surface area contributed by atoms with Crippen molar-refractivity contribution in [2.45, 2.75) is 141 Å². The Morgan fingerprint density at radius 3 is 1.35 bits per heavy atom. The number of nitrogens with one attached hydrogen (secondary N) is 4. The molecule has 0 unspecified atom stereocenters. The number of carboxylic acids is 2. The maximum absolute atomic E-state index is 12.7. The zero-order valence-electron chi connectivity index (χ0n) is 33.5. The molecule has 0 radical (unpaired) electrons. The molecule has 0 fully saturated rings. The Kier molecular flexibility index (Phi) is 36.6. The van der Waals surface area contributed by atoms with Crippen LogP contribution in [0.15, 0.2) is 0 Å². The highest BCUT2D eigenvalue weighted by Crippen LogP contribution is 2.14. The summed E-state index contributed by atoms with van der Waals surface area (Å²) in [4.78, 5) is 70.2. The number of hydrogen-bond donors (Lipinski definition) is 6. The Hall–Kier alpha value is -3.34. The van der Waals surface area contributed by atoms with Crippen LogP contribution < -0.4 is 21.3 Å². The summed E-state index contributed by atoms with van der Waals surface area (Å²) in [6, 6.07) is -0.950. The average Bonchev–Trinajstić information content (AvgIpc) is 3.15. The molecule has 0 saturated carbocycles. The highest BCUT2D eigenvalue weighted by Gasteiger charge is 2.21. The minimum absolute atomic E-state index is 0.0124. The second-order valence-electron chi connectivity index (χ2n) is 13.6. The van der Waals surface area contributed by atoms with E-state index in [2.05, 4.69) is 21.3 Å². The minimum Gasteiger partial charge on any atom is -0.481 e. The molecule has 0 rings (SSSR count). The van der Waals surface area contributed by atoms with E-state index in [-0.39, 0.29) is 89.6 Å². The normalized spacial score (nSPS) is 11.5. The van der Waals surface area contributed by atoms with E-state index in [1.807, 2.05) is 6.92 Å². The van der Waals surface area contributed by atoms with Crippen LogP contribution >= 0.6 is 0 Å². The number of hydrogen-bond acceptors (Lipinski definition) is 10. The van der Waals surface area contributed by atoms with Gasteiger partial charge in [-0.2, -0.15) is 0 Å². The maximum Gasteiger partial charge on any atom is 0.303 e. The summed E-state index contributed by atoms with van der Waals surface area (Å²) in [6.45, 7) is 4.38. The van der Waals surface area contributed by atoms with E-state index in [1.54, 1.807) is 0 Å². The van der Waals surface area contributed by atoms with Gasteiger partial charge >= 0.3 is 11.9 Å². The predicted octanol–water partition coefficient (Wildman–Crippen LogP) is 3.88. The number of amides is 4. The van der Waals surface area contributed by atoms with Crippen molar-refractivity contribution < 1.29 is 57.9 Å². The fraction of sp³-hybridized carbons (Fsp3) is 0.846. The van der Waals surface area contributed by atoms with Gasteiger partial charge in [0.1, 0.15) is 19.3 Å². The second kappa shape index (κ2) is 38.9. The van der Waals surface area contributed by atoms with Crippen molar-refractivity contribution >= 4 is 35.6 Å². The summed E-state index contributed by atoms with van der Waals surface area (Å²) >= 11 is 0. The van der Waals surface area contributed by atoms with Gasteiger partial charge in [-0.25, -0.2) is 0 Å². The molecule has 320 valence electrons. The number of rotatable bonds is 41. The molecule has 16 heteroatoms. The third-order valence-electron chi connectivity index (χ3n) is 8.52. The fourth-order valence-electron chi connectivity index (χ4n) is 5.39. The van der Waals surface area contributed by atoms with Crippen LogP contribution in [0, 0.1) is 0 Å². The van der Waals surface area contributed by atoms with Gasteiger partial charge in [0, 0.05) is 38.9 Å². The van der Waals surface area contributed by atoms with Crippen molar-refractivity contribution in [1.82, 2.24) is 21.3 Å². The Morgan fingerprint density at radius 2 is 0.873 bits per heavy atom. The van der Waals surface area contributed by atoms with Crippen LogP contribution in [0.5, 0.6) is 0 Å². The summed E-state index contributed by atoms with van der Waals surface area (Å²) in [7, 11) is 0. The van der Waals surface area contributed by atoms with Crippen LogP contribution in [0.4, 0.5) is 0 Å². The molecule has 0 aromatic rings. The summed E-state index contributed by atoms with van der Waals surface area (Å²) in [5, 5.41) is 28.5. The van der Waals surface area contributed by atoms with Crippen LogP contribution in [0.25, 0.3) is 0 Å². The summed E-state index contributed by atoms with van der Waals surface area (Å²) in [5.41, 5.74) is 0. The number of carboxylic acid groups (broad SMARTS) is 2. The molecular weight excluding hydrogens is 716 g/mol. The monoisotopic (exact) mass is 789 g/mol. The smallest absolute Gasteiger partial charge is 0.303 e. The molecular formula is C39H72N4O12. The van der Waals surface area contributed by atoms with Crippen molar-refractivity contribution in [3.63, 3.8) is 0 Å². The third kappa shape index (κ3) is 38.7. The first-order chi connectivity index (χ1) is 26.6. The molecule has 55 heavy (non-hydrogen) atoms. The van der Waals surface area contributed by atoms with Crippen molar-refractivity contribution in [1.29, 1.82) is 0 Å². The van der Waals surface area contributed by atoms with Crippen molar-refractivity contribution in [3.8, 4) is 0 Å². The standard InChI is InChI=1S/C39H72N4O12/c1-2-3-22-40-35(45)31-54-29-27-52-25-23-41-36(46)32-55-30-28-53-26-24-42-39(51)33(20-21-38(49)50)43-34(44)18-16-14-12-10-8-6-4-5-7-9-11-13-15-17-19-37(47)48/h33H,2-32H2,1H3,(H,40,45)(H,41,46)(H,42,51)(H,43,44)(H,47,48)(H,49,50)/t33-/m0/s1. The molecule has 0 spiro atoms. The molecule has 0 aromatic carbocycles. The second-order valence-corrected chi connectivity index (χ2v) is 13.6. The summed E-state index contributed by atoms with van der Waals surface area (Å²) in [5.74, 6) is -2.97. The van der Waals surface area contributed by atoms with Crippen molar-refractivity contribution in [2.75, 3.05) is 72.5 Å². The van der Waals surface area contributed by atoms with Crippen LogP contribution in [-0.2, 0) is 47.7 Å². The molecule has 0 aliphatic rings. The van der Waals surface area contributed by atoms with Gasteiger partial charge in [-0.3, -0.25) is 28.8 Å². The van der Waals surface area contributed by atoms with E-state index in [9.17, 15) is 28.8 Å². The average molecular weight is 789 g/mol. The molecule has 0 bridgehead atoms. The third-order valence-corrected chi connectivity index (χ3v) is 8.52. The highest BCUT2D eigenvalue weighted by molar-refractivity contribution is 5.88. The number of ether oxygens (including phenoxy) is 4. The molecule has 0 saturated heterocycles. The van der Waals surface area contributed by atoms with Crippen molar-refractivity contribution in [3.05, 3.63) is 0 Å². The molecule has 4 amide bonds. The van der Waals surface area contributed by atoms with Gasteiger partial charge in [-0.05, 0) is 25.7 Å². The SMILES string of the molecule is CCCCNC(=O)COCCOCCNC(=O)COCCOCCNC(=O)[C@H](CCC(=O)O)NC(=O)CCCCCCCCCCCCCCCCC(=O)O. The van der Waals surface area contributed by atoms with E-state index in [1.165, 1.54) is 44.9 Å². The largest absolute Gasteiger partial charge is 0.481 e. The maximum atomic E-state index is 12.7. The molecule has 0 aliphatic carbocycles. The fourth-order valence-corrected chi connectivity index (χ4v) is 5.39. The van der Waals surface area contributed by atoms with Crippen LogP contribution in [0.1, 0.15) is 135 Å². The topological polar surface area (TPSA) is 228 Å². The van der Waals surface area contributed by atoms with Crippen molar-refractivity contribution in [2.24, 2.45) is 0 Å². The Bertz CT molecular complexity index is 1020. The predicted molar refractivity (Wildman–Crippen MR) is 208 cm³/mol. The van der Waals surface area contributed by atoms with Crippen LogP contribution in [-0.4, -0.2) is 124 Å². The molecule has 1 atom stereocenters. The molecule has 0 aliphatic heterocycles. The number of unbranched alkanes of at least 4 members (excludes halogenated alkanes) is 14. The zero-order valence-corrected chi connectivity index (χ0v) is 33.5. The summed E-state index contributed by atoms with van der Waals surface area (Å²) in [6.07, 6.45) is 17.3. The van der Waals surface area contributed by atoms with Gasteiger partial charge in [-0.15, -0.1) is 0 Å². The van der Waals surface area contributed by atoms with Gasteiger partial charge in [0.25, 0.3) is 0 Å². The zero-order chi connectivity index (χ0) is 40.6. The van der Waals surface area contributed by atoms with Gasteiger partial charge in [-0.1, -0.05) is 90.4 Å². The number of aliphatic carboxylic acids is 2. The van der Waals surface area contributed by atoms with Crippen LogP contribution in [0.2, 0.25) is 0 Å². The van der Waals surface area contributed by atoms with Gasteiger partial charge in [0.15, 0.2) is 0 Å². The lowest BCUT2D eigenvalue weighted by molar-refractivity contribution is -0.138. The lowest BCUT2D eigenvalue weighted by atomic mass is 10.0. The molecule has 0 aromatic heterocycles. The number of carbonyl (C=O) groups is 6. The molecule has 0 heterocycles. The Balaban J connectivity index is 3.84. The molecule has 6 N–H and O–H groups in total. The lowest BCUT2D eigenvalue weighted by Gasteiger charge is -2.18. The first kappa shape index (κ1) is 51.7. The van der Waals surface area contributed by atoms with Gasteiger partial charge in [0.05, 0.1) is 39.6 Å². The van der Waals surface area contributed by atoms with E-state index in [4.69, 9.17) is 29.2 Å². The van der Waals surface area contributed by atoms with E-state index in [0.717, 1.165) is 51.4 Å². The minimum atomic E-state index is -1.05. The first-order valence-electron chi connectivity index (χ1n) is 20.5.